The minimum Gasteiger partial charge on any atom is -0.462 e. The molecule has 14 heteroatoms. The van der Waals surface area contributed by atoms with Crippen LogP contribution in [0.25, 0.3) is 0 Å². The Balaban J connectivity index is 2.50. The van der Waals surface area contributed by atoms with Crippen molar-refractivity contribution in [2.45, 2.75) is 224 Å². The van der Waals surface area contributed by atoms with Crippen LogP contribution in [-0.4, -0.2) is 98.3 Å². The van der Waals surface area contributed by atoms with E-state index in [0.717, 1.165) is 77.0 Å². The molecule has 0 aromatic rings. The number of hydrogen-bond donors (Lipinski definition) is 6. The molecule has 57 heavy (non-hydrogen) atoms. The number of aliphatic hydroxyl groups excluding tert-OH is 5. The van der Waals surface area contributed by atoms with Gasteiger partial charge in [0.25, 0.3) is 0 Å². The van der Waals surface area contributed by atoms with Crippen LogP contribution in [0.15, 0.2) is 24.3 Å². The van der Waals surface area contributed by atoms with Crippen LogP contribution in [0.5, 0.6) is 0 Å². The van der Waals surface area contributed by atoms with Gasteiger partial charge in [0.1, 0.15) is 43.2 Å². The van der Waals surface area contributed by atoms with Crippen LogP contribution in [-0.2, 0) is 32.7 Å². The van der Waals surface area contributed by atoms with E-state index in [1.165, 1.54) is 64.2 Å². The lowest BCUT2D eigenvalue weighted by molar-refractivity contribution is -0.220. The predicted octanol–water partition coefficient (Wildman–Crippen LogP) is 8.06. The average Bonchev–Trinajstić information content (AvgIpc) is 3.19. The summed E-state index contributed by atoms with van der Waals surface area (Å²) in [5, 5.41) is 50.1. The van der Waals surface area contributed by atoms with E-state index < -0.39 is 75.7 Å². The Bertz CT molecular complexity index is 1100. The molecule has 1 rings (SSSR count). The summed E-state index contributed by atoms with van der Waals surface area (Å²) in [5.41, 5.74) is 0. The first-order chi connectivity index (χ1) is 27.4. The molecular formula is C43H79O13P. The zero-order chi connectivity index (χ0) is 42.2. The van der Waals surface area contributed by atoms with Gasteiger partial charge in [-0.2, -0.15) is 0 Å². The summed E-state index contributed by atoms with van der Waals surface area (Å²) in [6.07, 6.45) is 22.4. The molecule has 1 saturated carbocycles. The third-order valence-corrected chi connectivity index (χ3v) is 11.3. The van der Waals surface area contributed by atoms with Crippen molar-refractivity contribution in [3.63, 3.8) is 0 Å². The predicted molar refractivity (Wildman–Crippen MR) is 221 cm³/mol. The normalized spacial score (nSPS) is 22.9. The second-order valence-corrected chi connectivity index (χ2v) is 16.9. The van der Waals surface area contributed by atoms with Gasteiger partial charge in [0.05, 0.1) is 6.61 Å². The van der Waals surface area contributed by atoms with Crippen LogP contribution in [0.4, 0.5) is 0 Å². The summed E-state index contributed by atoms with van der Waals surface area (Å²) >= 11 is 0. The highest BCUT2D eigenvalue weighted by Crippen LogP contribution is 2.47. The molecule has 1 fully saturated rings. The van der Waals surface area contributed by atoms with Gasteiger partial charge in [0, 0.05) is 12.8 Å². The molecule has 0 heterocycles. The van der Waals surface area contributed by atoms with Gasteiger partial charge in [-0.15, -0.1) is 0 Å². The summed E-state index contributed by atoms with van der Waals surface area (Å²) in [7, 11) is -5.12. The minimum atomic E-state index is -5.12. The molecule has 0 aromatic heterocycles. The minimum absolute atomic E-state index is 0.0865. The largest absolute Gasteiger partial charge is 0.472 e. The van der Waals surface area contributed by atoms with Crippen molar-refractivity contribution in [3.8, 4) is 0 Å². The Labute approximate surface area is 343 Å². The Morgan fingerprint density at radius 2 is 0.895 bits per heavy atom. The molecular weight excluding hydrogens is 755 g/mol. The van der Waals surface area contributed by atoms with Gasteiger partial charge >= 0.3 is 19.8 Å². The van der Waals surface area contributed by atoms with Gasteiger partial charge in [0.15, 0.2) is 6.10 Å². The molecule has 6 unspecified atom stereocenters. The lowest BCUT2D eigenvalue weighted by atomic mass is 9.85. The molecule has 1 aliphatic carbocycles. The molecule has 0 aliphatic heterocycles. The fraction of sp³-hybridized carbons (Fsp3) is 0.860. The maximum atomic E-state index is 12.8. The monoisotopic (exact) mass is 835 g/mol. The second kappa shape index (κ2) is 34.1. The van der Waals surface area contributed by atoms with Gasteiger partial charge in [0.2, 0.25) is 0 Å². The van der Waals surface area contributed by atoms with Crippen LogP contribution >= 0.6 is 7.82 Å². The van der Waals surface area contributed by atoms with Crippen LogP contribution in [0.3, 0.4) is 0 Å². The number of hydrogen-bond acceptors (Lipinski definition) is 12. The second-order valence-electron chi connectivity index (χ2n) is 15.5. The third kappa shape index (κ3) is 26.9. The fourth-order valence-electron chi connectivity index (χ4n) is 6.63. The van der Waals surface area contributed by atoms with E-state index in [-0.39, 0.29) is 12.8 Å². The van der Waals surface area contributed by atoms with Crippen molar-refractivity contribution < 1.29 is 63.1 Å². The average molecular weight is 835 g/mol. The molecule has 6 N–H and O–H groups in total. The van der Waals surface area contributed by atoms with E-state index in [9.17, 15) is 44.6 Å². The number of phosphoric acid groups is 1. The number of ether oxygens (including phenoxy) is 2. The van der Waals surface area contributed by atoms with Crippen LogP contribution in [0.2, 0.25) is 0 Å². The van der Waals surface area contributed by atoms with Crippen molar-refractivity contribution in [3.05, 3.63) is 24.3 Å². The molecule has 0 spiro atoms. The Morgan fingerprint density at radius 3 is 1.35 bits per heavy atom. The molecule has 13 nitrogen and oxygen atoms in total. The summed E-state index contributed by atoms with van der Waals surface area (Å²) in [6.45, 7) is 3.25. The zero-order valence-electron chi connectivity index (χ0n) is 35.1. The lowest BCUT2D eigenvalue weighted by Crippen LogP contribution is -2.64. The molecule has 334 valence electrons. The maximum absolute atomic E-state index is 12.8. The Morgan fingerprint density at radius 1 is 0.526 bits per heavy atom. The zero-order valence-corrected chi connectivity index (χ0v) is 36.0. The summed E-state index contributed by atoms with van der Waals surface area (Å²) in [4.78, 5) is 35.6. The van der Waals surface area contributed by atoms with Gasteiger partial charge in [-0.05, 0) is 64.2 Å². The Hall–Kier alpha value is -1.67. The van der Waals surface area contributed by atoms with Crippen LogP contribution in [0.1, 0.15) is 181 Å². The third-order valence-electron chi connectivity index (χ3n) is 10.3. The van der Waals surface area contributed by atoms with Gasteiger partial charge in [-0.3, -0.25) is 18.6 Å². The van der Waals surface area contributed by atoms with E-state index in [0.29, 0.717) is 12.8 Å². The van der Waals surface area contributed by atoms with Crippen molar-refractivity contribution >= 4 is 19.8 Å². The van der Waals surface area contributed by atoms with Crippen LogP contribution < -0.4 is 0 Å². The topological polar surface area (TPSA) is 210 Å². The number of phosphoric ester groups is 1. The molecule has 8 atom stereocenters. The maximum Gasteiger partial charge on any atom is 0.472 e. The number of allylic oxidation sites excluding steroid dienone is 4. The highest BCUT2D eigenvalue weighted by Gasteiger charge is 2.51. The molecule has 0 aromatic carbocycles. The summed E-state index contributed by atoms with van der Waals surface area (Å²) in [6, 6.07) is 0. The fourth-order valence-corrected chi connectivity index (χ4v) is 7.60. The quantitative estimate of drug-likeness (QED) is 0.0153. The SMILES string of the molecule is CCCCCC/C=C/CCCCCCCC(=O)OC[C@H](COP(=O)(O)OC1C(O)C(O)C(O)[C@@H](O)C1O)OC(=O)CCCCCCC/C=C/CCCCCCCC. The van der Waals surface area contributed by atoms with Crippen molar-refractivity contribution in [2.24, 2.45) is 0 Å². The van der Waals surface area contributed by atoms with E-state index >= 15 is 0 Å². The van der Waals surface area contributed by atoms with Gasteiger partial charge < -0.3 is 39.9 Å². The standard InChI is InChI=1S/C43H79O13P/c1-3-5-7-9-11-13-15-17-18-20-22-24-26-28-30-32-37(45)55-35(34-54-57(51,52)56-43-41(49)39(47)38(46)40(48)42(43)50)33-53-36(44)31-29-27-25-23-21-19-16-14-12-10-8-6-4-2/h14,16-18,35,38-43,46-50H,3-13,15,19-34H2,1-2H3,(H,51,52)/b16-14+,18-17+/t35-,38?,39-,40?,41?,42?,43?/m1/s1. The first kappa shape index (κ1) is 53.3. The first-order valence-electron chi connectivity index (χ1n) is 22.1. The molecule has 0 radical (unpaired) electrons. The molecule has 1 aliphatic rings. The van der Waals surface area contributed by atoms with E-state index in [4.69, 9.17) is 18.5 Å². The number of rotatable bonds is 36. The number of unbranched alkanes of at least 4 members (excludes halogenated alkanes) is 20. The first-order valence-corrected chi connectivity index (χ1v) is 23.6. The molecule has 0 amide bonds. The smallest absolute Gasteiger partial charge is 0.462 e. The lowest BCUT2D eigenvalue weighted by Gasteiger charge is -2.41. The van der Waals surface area contributed by atoms with E-state index in [2.05, 4.69) is 38.2 Å². The van der Waals surface area contributed by atoms with Gasteiger partial charge in [-0.1, -0.05) is 128 Å². The highest BCUT2D eigenvalue weighted by molar-refractivity contribution is 7.47. The molecule has 0 saturated heterocycles. The summed E-state index contributed by atoms with van der Waals surface area (Å²) in [5.74, 6) is -1.12. The summed E-state index contributed by atoms with van der Waals surface area (Å²) < 4.78 is 33.4. The van der Waals surface area contributed by atoms with E-state index in [1.54, 1.807) is 0 Å². The van der Waals surface area contributed by atoms with Crippen molar-refractivity contribution in [1.82, 2.24) is 0 Å². The van der Waals surface area contributed by atoms with Crippen molar-refractivity contribution in [1.29, 1.82) is 0 Å². The number of aliphatic hydroxyl groups is 5. The van der Waals surface area contributed by atoms with E-state index in [1.807, 2.05) is 0 Å². The number of esters is 2. The van der Waals surface area contributed by atoms with Crippen LogP contribution in [0, 0.1) is 0 Å². The number of carbonyl (C=O) groups excluding carboxylic acids is 2. The van der Waals surface area contributed by atoms with Gasteiger partial charge in [-0.25, -0.2) is 4.57 Å². The van der Waals surface area contributed by atoms with Crippen molar-refractivity contribution in [2.75, 3.05) is 13.2 Å². The molecule has 0 bridgehead atoms. The Kier molecular flexibility index (Phi) is 31.9. The number of carbonyl (C=O) groups is 2. The highest BCUT2D eigenvalue weighted by atomic mass is 31.2.